The van der Waals surface area contributed by atoms with Crippen LogP contribution in [0.1, 0.15) is 61.9 Å². The van der Waals surface area contributed by atoms with Gasteiger partial charge < -0.3 is 15.5 Å². The lowest BCUT2D eigenvalue weighted by Gasteiger charge is -2.28. The molecule has 22 heavy (non-hydrogen) atoms. The molecule has 4 heteroatoms. The van der Waals surface area contributed by atoms with Gasteiger partial charge in [-0.3, -0.25) is 4.79 Å². The topological polar surface area (TPSA) is 69.6 Å². The first kappa shape index (κ1) is 17.0. The molecule has 4 nitrogen and oxygen atoms in total. The van der Waals surface area contributed by atoms with E-state index in [0.717, 1.165) is 37.7 Å². The molecule has 0 aromatic heterocycles. The highest BCUT2D eigenvalue weighted by molar-refractivity contribution is 5.94. The van der Waals surface area contributed by atoms with Crippen molar-refractivity contribution in [1.29, 1.82) is 0 Å². The molecular formula is C18H27NO3. The minimum Gasteiger partial charge on any atom is -0.394 e. The fraction of sp³-hybridized carbons (Fsp3) is 0.611. The molecule has 0 aliphatic heterocycles. The lowest BCUT2D eigenvalue weighted by atomic mass is 9.96. The summed E-state index contributed by atoms with van der Waals surface area (Å²) in [6.45, 7) is 3.57. The molecule has 1 aliphatic rings. The smallest absolute Gasteiger partial charge is 0.251 e. The zero-order valence-electron chi connectivity index (χ0n) is 13.6. The van der Waals surface area contributed by atoms with Gasteiger partial charge in [0.25, 0.3) is 5.91 Å². The zero-order valence-corrected chi connectivity index (χ0v) is 13.6. The largest absolute Gasteiger partial charge is 0.394 e. The van der Waals surface area contributed by atoms with Gasteiger partial charge in [-0.25, -0.2) is 0 Å². The Hall–Kier alpha value is -1.39. The minimum absolute atomic E-state index is 0.00284. The van der Waals surface area contributed by atoms with Gasteiger partial charge in [0.2, 0.25) is 0 Å². The normalized spacial score (nSPS) is 17.5. The molecule has 122 valence electrons. The van der Waals surface area contributed by atoms with E-state index in [2.05, 4.69) is 5.32 Å². The quantitative estimate of drug-likeness (QED) is 0.756. The van der Waals surface area contributed by atoms with Crippen LogP contribution in [0.3, 0.4) is 0 Å². The standard InChI is InChI=1S/C18H27NO3/c1-17(2,22)11-8-14-6-5-7-15(12-14)16(21)19-18(13-20)9-3-4-10-18/h5-7,12,20,22H,3-4,8-11,13H2,1-2H3,(H,19,21). The number of aliphatic hydroxyl groups excluding tert-OH is 1. The van der Waals surface area contributed by atoms with Crippen molar-refractivity contribution < 1.29 is 15.0 Å². The second kappa shape index (κ2) is 6.80. The molecule has 0 spiro atoms. The Balaban J connectivity index is 2.03. The molecule has 1 fully saturated rings. The van der Waals surface area contributed by atoms with E-state index in [-0.39, 0.29) is 12.5 Å². The molecular weight excluding hydrogens is 278 g/mol. The molecule has 1 amide bonds. The third-order valence-electron chi connectivity index (χ3n) is 4.46. The first-order valence-corrected chi connectivity index (χ1v) is 8.08. The van der Waals surface area contributed by atoms with Crippen molar-refractivity contribution in [2.45, 2.75) is 63.5 Å². The van der Waals surface area contributed by atoms with Crippen molar-refractivity contribution in [3.63, 3.8) is 0 Å². The monoisotopic (exact) mass is 305 g/mol. The van der Waals surface area contributed by atoms with Crippen molar-refractivity contribution in [1.82, 2.24) is 5.32 Å². The molecule has 0 heterocycles. The van der Waals surface area contributed by atoms with Crippen molar-refractivity contribution >= 4 is 5.91 Å². The van der Waals surface area contributed by atoms with Crippen molar-refractivity contribution in [3.8, 4) is 0 Å². The average Bonchev–Trinajstić information content (AvgIpc) is 2.94. The van der Waals surface area contributed by atoms with Crippen LogP contribution in [0.4, 0.5) is 0 Å². The van der Waals surface area contributed by atoms with Crippen LogP contribution in [0.15, 0.2) is 24.3 Å². The van der Waals surface area contributed by atoms with Gasteiger partial charge in [-0.2, -0.15) is 0 Å². The maximum absolute atomic E-state index is 12.4. The number of benzene rings is 1. The third-order valence-corrected chi connectivity index (χ3v) is 4.46. The molecule has 1 saturated carbocycles. The number of rotatable bonds is 6. The van der Waals surface area contributed by atoms with Gasteiger partial charge in [-0.15, -0.1) is 0 Å². The summed E-state index contributed by atoms with van der Waals surface area (Å²) in [5, 5.41) is 22.4. The highest BCUT2D eigenvalue weighted by atomic mass is 16.3. The number of aliphatic hydroxyl groups is 2. The van der Waals surface area contributed by atoms with E-state index in [1.54, 1.807) is 19.9 Å². The number of amides is 1. The Labute approximate surface area is 132 Å². The lowest BCUT2D eigenvalue weighted by molar-refractivity contribution is 0.0714. The predicted molar refractivity (Wildman–Crippen MR) is 86.8 cm³/mol. The molecule has 1 aromatic rings. The van der Waals surface area contributed by atoms with Crippen molar-refractivity contribution in [2.75, 3.05) is 6.61 Å². The van der Waals surface area contributed by atoms with E-state index in [1.165, 1.54) is 0 Å². The molecule has 1 aromatic carbocycles. The summed E-state index contributed by atoms with van der Waals surface area (Å²) in [5.41, 5.74) is 0.510. The third kappa shape index (κ3) is 4.55. The number of hydrogen-bond acceptors (Lipinski definition) is 3. The Bertz CT molecular complexity index is 513. The number of aryl methyl sites for hydroxylation is 1. The molecule has 1 aliphatic carbocycles. The number of nitrogens with one attached hydrogen (secondary N) is 1. The molecule has 3 N–H and O–H groups in total. The summed E-state index contributed by atoms with van der Waals surface area (Å²) in [6, 6.07) is 7.51. The summed E-state index contributed by atoms with van der Waals surface area (Å²) in [7, 11) is 0. The summed E-state index contributed by atoms with van der Waals surface area (Å²) in [6.07, 6.45) is 5.16. The Morgan fingerprint density at radius 1 is 1.32 bits per heavy atom. The van der Waals surface area contributed by atoms with Crippen LogP contribution in [-0.2, 0) is 6.42 Å². The fourth-order valence-corrected chi connectivity index (χ4v) is 3.01. The number of carbonyl (C=O) groups excluding carboxylic acids is 1. The van der Waals surface area contributed by atoms with Crippen LogP contribution >= 0.6 is 0 Å². The van der Waals surface area contributed by atoms with Gasteiger partial charge in [-0.1, -0.05) is 25.0 Å². The molecule has 0 atom stereocenters. The molecule has 0 unspecified atom stereocenters. The summed E-state index contributed by atoms with van der Waals surface area (Å²) in [5.74, 6) is -0.124. The van der Waals surface area contributed by atoms with E-state index < -0.39 is 11.1 Å². The zero-order chi connectivity index (χ0) is 16.2. The van der Waals surface area contributed by atoms with Gasteiger partial charge in [0.05, 0.1) is 17.7 Å². The second-order valence-corrected chi connectivity index (χ2v) is 7.11. The van der Waals surface area contributed by atoms with E-state index in [4.69, 9.17) is 0 Å². The first-order valence-electron chi connectivity index (χ1n) is 8.08. The number of carbonyl (C=O) groups is 1. The average molecular weight is 305 g/mol. The summed E-state index contributed by atoms with van der Waals surface area (Å²) < 4.78 is 0. The summed E-state index contributed by atoms with van der Waals surface area (Å²) >= 11 is 0. The Morgan fingerprint density at radius 2 is 2.00 bits per heavy atom. The van der Waals surface area contributed by atoms with E-state index in [0.29, 0.717) is 12.0 Å². The van der Waals surface area contributed by atoms with Crippen LogP contribution in [0.2, 0.25) is 0 Å². The molecule has 0 saturated heterocycles. The van der Waals surface area contributed by atoms with Gasteiger partial charge in [0, 0.05) is 5.56 Å². The highest BCUT2D eigenvalue weighted by Crippen LogP contribution is 2.29. The van der Waals surface area contributed by atoms with Gasteiger partial charge in [-0.05, 0) is 57.2 Å². The maximum atomic E-state index is 12.4. The van der Waals surface area contributed by atoms with Gasteiger partial charge in [0.15, 0.2) is 0 Å². The number of hydrogen-bond donors (Lipinski definition) is 3. The van der Waals surface area contributed by atoms with Gasteiger partial charge >= 0.3 is 0 Å². The summed E-state index contributed by atoms with van der Waals surface area (Å²) in [4.78, 5) is 12.4. The Kier molecular flexibility index (Phi) is 5.24. The fourth-order valence-electron chi connectivity index (χ4n) is 3.01. The Morgan fingerprint density at radius 3 is 2.59 bits per heavy atom. The molecule has 0 radical (unpaired) electrons. The van der Waals surface area contributed by atoms with E-state index >= 15 is 0 Å². The van der Waals surface area contributed by atoms with Crippen molar-refractivity contribution in [2.24, 2.45) is 0 Å². The lowest BCUT2D eigenvalue weighted by Crippen LogP contribution is -2.49. The SMILES string of the molecule is CC(C)(O)CCc1cccc(C(=O)NC2(CO)CCCC2)c1. The van der Waals surface area contributed by atoms with Crippen LogP contribution in [0.5, 0.6) is 0 Å². The van der Waals surface area contributed by atoms with E-state index in [9.17, 15) is 15.0 Å². The van der Waals surface area contributed by atoms with Crippen molar-refractivity contribution in [3.05, 3.63) is 35.4 Å². The van der Waals surface area contributed by atoms with Gasteiger partial charge in [0.1, 0.15) is 0 Å². The predicted octanol–water partition coefficient (Wildman–Crippen LogP) is 2.43. The minimum atomic E-state index is -0.705. The maximum Gasteiger partial charge on any atom is 0.251 e. The van der Waals surface area contributed by atoms with Crippen LogP contribution in [-0.4, -0.2) is 33.9 Å². The van der Waals surface area contributed by atoms with E-state index in [1.807, 2.05) is 18.2 Å². The van der Waals surface area contributed by atoms with Crippen LogP contribution in [0, 0.1) is 0 Å². The second-order valence-electron chi connectivity index (χ2n) is 7.11. The molecule has 2 rings (SSSR count). The molecule has 0 bridgehead atoms. The highest BCUT2D eigenvalue weighted by Gasteiger charge is 2.34. The van der Waals surface area contributed by atoms with Crippen LogP contribution in [0.25, 0.3) is 0 Å². The van der Waals surface area contributed by atoms with Crippen LogP contribution < -0.4 is 5.32 Å². The first-order chi connectivity index (χ1) is 10.3.